The molecule has 0 amide bonds. The minimum absolute atomic E-state index is 0.846. The molecule has 1 aromatic carbocycles. The summed E-state index contributed by atoms with van der Waals surface area (Å²) in [4.78, 5) is 12.5. The molecule has 2 aromatic heterocycles. The van der Waals surface area contributed by atoms with E-state index in [4.69, 9.17) is 4.98 Å². The number of hydrogen-bond donors (Lipinski definition) is 1. The van der Waals surface area contributed by atoms with Gasteiger partial charge in [-0.05, 0) is 36.1 Å². The van der Waals surface area contributed by atoms with E-state index >= 15 is 0 Å². The van der Waals surface area contributed by atoms with Crippen LogP contribution in [0.15, 0.2) is 36.5 Å². The van der Waals surface area contributed by atoms with Gasteiger partial charge in [-0.15, -0.1) is 0 Å². The molecular weight excluding hydrogens is 234 g/mol. The molecule has 0 fully saturated rings. The van der Waals surface area contributed by atoms with Crippen LogP contribution in [-0.4, -0.2) is 15.0 Å². The first-order valence-electron chi connectivity index (χ1n) is 6.74. The van der Waals surface area contributed by atoms with Crippen LogP contribution in [0, 0.1) is 0 Å². The zero-order valence-corrected chi connectivity index (χ0v) is 11.3. The predicted molar refractivity (Wildman–Crippen MR) is 78.1 cm³/mol. The van der Waals surface area contributed by atoms with Crippen molar-refractivity contribution in [1.82, 2.24) is 15.0 Å². The van der Waals surface area contributed by atoms with Crippen LogP contribution in [0.25, 0.3) is 22.6 Å². The number of benzene rings is 1. The summed E-state index contributed by atoms with van der Waals surface area (Å²) < 4.78 is 0. The number of aromatic amines is 1. The molecule has 19 heavy (non-hydrogen) atoms. The lowest BCUT2D eigenvalue weighted by Crippen LogP contribution is -1.88. The average Bonchev–Trinajstić information content (AvgIpc) is 2.91. The van der Waals surface area contributed by atoms with Crippen LogP contribution in [0.3, 0.4) is 0 Å². The Morgan fingerprint density at radius 2 is 1.95 bits per heavy atom. The van der Waals surface area contributed by atoms with Crippen LogP contribution in [0.2, 0.25) is 0 Å². The third kappa shape index (κ3) is 2.12. The summed E-state index contributed by atoms with van der Waals surface area (Å²) in [7, 11) is 0. The third-order valence-electron chi connectivity index (χ3n) is 3.45. The molecule has 1 N–H and O–H groups in total. The van der Waals surface area contributed by atoms with Gasteiger partial charge < -0.3 is 4.98 Å². The van der Waals surface area contributed by atoms with Crippen molar-refractivity contribution < 1.29 is 0 Å². The van der Waals surface area contributed by atoms with Crippen molar-refractivity contribution in [3.05, 3.63) is 47.7 Å². The van der Waals surface area contributed by atoms with Gasteiger partial charge in [0.25, 0.3) is 0 Å². The molecule has 3 heteroatoms. The molecule has 0 unspecified atom stereocenters. The molecule has 0 saturated carbocycles. The number of para-hydroxylation sites is 1. The molecule has 3 nitrogen and oxygen atoms in total. The van der Waals surface area contributed by atoms with E-state index in [2.05, 4.69) is 48.1 Å². The number of rotatable bonds is 3. The van der Waals surface area contributed by atoms with Gasteiger partial charge in [0.15, 0.2) is 5.82 Å². The lowest BCUT2D eigenvalue weighted by Gasteiger charge is -1.98. The van der Waals surface area contributed by atoms with E-state index in [1.807, 2.05) is 12.3 Å². The van der Waals surface area contributed by atoms with Crippen LogP contribution in [0.5, 0.6) is 0 Å². The summed E-state index contributed by atoms with van der Waals surface area (Å²) in [6.07, 6.45) is 3.92. The Balaban J connectivity index is 2.09. The smallest absolute Gasteiger partial charge is 0.157 e. The van der Waals surface area contributed by atoms with Gasteiger partial charge in [-0.2, -0.15) is 0 Å². The first kappa shape index (κ1) is 11.9. The maximum atomic E-state index is 4.69. The lowest BCUT2D eigenvalue weighted by atomic mass is 10.1. The summed E-state index contributed by atoms with van der Waals surface area (Å²) in [6.45, 7) is 4.28. The van der Waals surface area contributed by atoms with E-state index in [1.165, 1.54) is 11.1 Å². The third-order valence-corrected chi connectivity index (χ3v) is 3.45. The fraction of sp³-hybridized carbons (Fsp3) is 0.250. The quantitative estimate of drug-likeness (QED) is 0.770. The monoisotopic (exact) mass is 251 g/mol. The molecule has 0 aliphatic carbocycles. The number of fused-ring (bicyclic) bond motifs is 1. The number of hydrogen-bond acceptors (Lipinski definition) is 2. The molecule has 0 saturated heterocycles. The molecule has 0 atom stereocenters. The standard InChI is InChI=1S/C16H17N3/c1-3-11-8-9-14(17-10-11)16-18-13-7-5-6-12(4-2)15(13)19-16/h5-10H,3-4H2,1-2H3,(H,18,19). The number of aromatic nitrogens is 3. The number of H-pyrrole nitrogens is 1. The molecule has 2 heterocycles. The Morgan fingerprint density at radius 1 is 1.05 bits per heavy atom. The van der Waals surface area contributed by atoms with Gasteiger partial charge in [0.1, 0.15) is 5.69 Å². The molecule has 0 radical (unpaired) electrons. The SMILES string of the molecule is CCc1ccc(-c2nc3c(CC)cccc3[nH]2)nc1. The van der Waals surface area contributed by atoms with Crippen molar-refractivity contribution in [2.75, 3.05) is 0 Å². The summed E-state index contributed by atoms with van der Waals surface area (Å²) >= 11 is 0. The number of aryl methyl sites for hydroxylation is 2. The van der Waals surface area contributed by atoms with Crippen LogP contribution in [-0.2, 0) is 12.8 Å². The van der Waals surface area contributed by atoms with Gasteiger partial charge in [0.2, 0.25) is 0 Å². The summed E-state index contributed by atoms with van der Waals surface area (Å²) in [5.41, 5.74) is 5.55. The topological polar surface area (TPSA) is 41.6 Å². The van der Waals surface area contributed by atoms with Crippen LogP contribution >= 0.6 is 0 Å². The maximum absolute atomic E-state index is 4.69. The Morgan fingerprint density at radius 3 is 2.63 bits per heavy atom. The molecular formula is C16H17N3. The molecule has 0 aliphatic rings. The molecule has 3 aromatic rings. The molecule has 96 valence electrons. The highest BCUT2D eigenvalue weighted by Gasteiger charge is 2.08. The molecule has 0 spiro atoms. The number of imidazole rings is 1. The Kier molecular flexibility index (Phi) is 3.03. The molecule has 0 bridgehead atoms. The van der Waals surface area contributed by atoms with Crippen molar-refractivity contribution in [1.29, 1.82) is 0 Å². The minimum atomic E-state index is 0.846. The van der Waals surface area contributed by atoms with E-state index in [9.17, 15) is 0 Å². The fourth-order valence-corrected chi connectivity index (χ4v) is 2.27. The normalized spacial score (nSPS) is 11.1. The van der Waals surface area contributed by atoms with Gasteiger partial charge in [-0.1, -0.05) is 32.0 Å². The van der Waals surface area contributed by atoms with Crippen LogP contribution in [0.1, 0.15) is 25.0 Å². The van der Waals surface area contributed by atoms with Crippen molar-refractivity contribution in [2.24, 2.45) is 0 Å². The van der Waals surface area contributed by atoms with Crippen molar-refractivity contribution in [3.63, 3.8) is 0 Å². The van der Waals surface area contributed by atoms with Gasteiger partial charge in [0.05, 0.1) is 11.0 Å². The average molecular weight is 251 g/mol. The summed E-state index contributed by atoms with van der Waals surface area (Å²) in [5, 5.41) is 0. The van der Waals surface area contributed by atoms with Gasteiger partial charge in [0, 0.05) is 6.20 Å². The lowest BCUT2D eigenvalue weighted by molar-refractivity contribution is 1.10. The Labute approximate surface area is 112 Å². The summed E-state index contributed by atoms with van der Waals surface area (Å²) in [6, 6.07) is 10.4. The zero-order chi connectivity index (χ0) is 13.2. The highest BCUT2D eigenvalue weighted by Crippen LogP contribution is 2.22. The largest absolute Gasteiger partial charge is 0.337 e. The van der Waals surface area contributed by atoms with Crippen LogP contribution in [0.4, 0.5) is 0 Å². The van der Waals surface area contributed by atoms with Crippen LogP contribution < -0.4 is 0 Å². The van der Waals surface area contributed by atoms with E-state index < -0.39 is 0 Å². The first-order valence-corrected chi connectivity index (χ1v) is 6.74. The molecule has 0 aliphatic heterocycles. The maximum Gasteiger partial charge on any atom is 0.157 e. The van der Waals surface area contributed by atoms with E-state index in [-0.39, 0.29) is 0 Å². The van der Waals surface area contributed by atoms with Gasteiger partial charge in [-0.3, -0.25) is 4.98 Å². The van der Waals surface area contributed by atoms with Crippen molar-refractivity contribution in [2.45, 2.75) is 26.7 Å². The van der Waals surface area contributed by atoms with E-state index in [0.717, 1.165) is 35.4 Å². The highest BCUT2D eigenvalue weighted by atomic mass is 14.9. The first-order chi connectivity index (χ1) is 9.31. The number of nitrogens with one attached hydrogen (secondary N) is 1. The second-order valence-corrected chi connectivity index (χ2v) is 4.66. The Hall–Kier alpha value is -2.16. The van der Waals surface area contributed by atoms with Gasteiger partial charge >= 0.3 is 0 Å². The number of nitrogens with zero attached hydrogens (tertiary/aromatic N) is 2. The summed E-state index contributed by atoms with van der Waals surface area (Å²) in [5.74, 6) is 0.846. The van der Waals surface area contributed by atoms with E-state index in [0.29, 0.717) is 0 Å². The fourth-order valence-electron chi connectivity index (χ4n) is 2.27. The van der Waals surface area contributed by atoms with Gasteiger partial charge in [-0.25, -0.2) is 4.98 Å². The minimum Gasteiger partial charge on any atom is -0.337 e. The van der Waals surface area contributed by atoms with E-state index in [1.54, 1.807) is 0 Å². The zero-order valence-electron chi connectivity index (χ0n) is 11.3. The highest BCUT2D eigenvalue weighted by molar-refractivity contribution is 5.81. The predicted octanol–water partition coefficient (Wildman–Crippen LogP) is 3.75. The Bertz CT molecular complexity index is 696. The number of pyridine rings is 1. The second kappa shape index (κ2) is 4.84. The molecule has 3 rings (SSSR count). The van der Waals surface area contributed by atoms with Crippen molar-refractivity contribution >= 4 is 11.0 Å². The van der Waals surface area contributed by atoms with Crippen molar-refractivity contribution in [3.8, 4) is 11.5 Å². The second-order valence-electron chi connectivity index (χ2n) is 4.66.